The van der Waals surface area contributed by atoms with E-state index in [2.05, 4.69) is 0 Å². The first kappa shape index (κ1) is 8.60. The van der Waals surface area contributed by atoms with Crippen molar-refractivity contribution >= 4 is 0 Å². The highest BCUT2D eigenvalue weighted by Crippen LogP contribution is 2.38. The van der Waals surface area contributed by atoms with Crippen LogP contribution in [0.2, 0.25) is 0 Å². The molecule has 0 aromatic heterocycles. The zero-order chi connectivity index (χ0) is 10.4. The van der Waals surface area contributed by atoms with Gasteiger partial charge in [0.25, 0.3) is 0 Å². The van der Waals surface area contributed by atoms with Gasteiger partial charge in [0.1, 0.15) is 11.6 Å². The highest BCUT2D eigenvalue weighted by Gasteiger charge is 2.22. The van der Waals surface area contributed by atoms with Gasteiger partial charge >= 0.3 is 0 Å². The predicted molar refractivity (Wildman–Crippen MR) is 54.6 cm³/mol. The van der Waals surface area contributed by atoms with E-state index in [1.165, 1.54) is 6.07 Å². The van der Waals surface area contributed by atoms with Crippen LogP contribution in [0.3, 0.4) is 0 Å². The number of hydrogen-bond donors (Lipinski definition) is 0. The van der Waals surface area contributed by atoms with Crippen molar-refractivity contribution in [1.29, 1.82) is 0 Å². The summed E-state index contributed by atoms with van der Waals surface area (Å²) in [5, 5.41) is 0. The Bertz CT molecular complexity index is 544. The lowest BCUT2D eigenvalue weighted by atomic mass is 10.1. The smallest absolute Gasteiger partial charge is 0.134 e. The molecule has 0 radical (unpaired) electrons. The second-order valence-corrected chi connectivity index (χ2v) is 3.76. The monoisotopic (exact) mass is 202 g/mol. The summed E-state index contributed by atoms with van der Waals surface area (Å²) in [6, 6.07) is 9.98. The third-order valence-electron chi connectivity index (χ3n) is 2.80. The molecule has 2 heteroatoms. The third kappa shape index (κ3) is 1.18. The van der Waals surface area contributed by atoms with Crippen LogP contribution in [0.4, 0.5) is 8.78 Å². The lowest BCUT2D eigenvalue weighted by Gasteiger charge is -2.02. The van der Waals surface area contributed by atoms with E-state index in [0.717, 1.165) is 22.8 Å². The van der Waals surface area contributed by atoms with E-state index in [9.17, 15) is 8.78 Å². The molecule has 0 N–H and O–H groups in total. The minimum absolute atomic E-state index is 0.463. The first-order valence-corrected chi connectivity index (χ1v) is 4.82. The highest BCUT2D eigenvalue weighted by atomic mass is 19.1. The SMILES string of the molecule is Fc1cc(F)c2c(c1)Cc1ccccc1-2. The van der Waals surface area contributed by atoms with Crippen molar-refractivity contribution in [2.24, 2.45) is 0 Å². The van der Waals surface area contributed by atoms with Crippen LogP contribution in [0, 0.1) is 11.6 Å². The minimum atomic E-state index is -0.501. The van der Waals surface area contributed by atoms with Crippen molar-refractivity contribution in [1.82, 2.24) is 0 Å². The summed E-state index contributed by atoms with van der Waals surface area (Å²) in [4.78, 5) is 0. The Kier molecular flexibility index (Phi) is 1.66. The molecule has 1 aliphatic carbocycles. The summed E-state index contributed by atoms with van der Waals surface area (Å²) in [6.45, 7) is 0. The normalized spacial score (nSPS) is 12.4. The zero-order valence-electron chi connectivity index (χ0n) is 7.93. The number of rotatable bonds is 0. The molecular weight excluding hydrogens is 194 g/mol. The molecule has 1 aliphatic rings. The van der Waals surface area contributed by atoms with Gasteiger partial charge in [0.2, 0.25) is 0 Å². The first-order valence-electron chi connectivity index (χ1n) is 4.82. The van der Waals surface area contributed by atoms with Crippen LogP contribution in [0.15, 0.2) is 36.4 Å². The fourth-order valence-electron chi connectivity index (χ4n) is 2.19. The summed E-state index contributed by atoms with van der Waals surface area (Å²) in [5.74, 6) is -0.964. The van der Waals surface area contributed by atoms with Crippen molar-refractivity contribution in [3.8, 4) is 11.1 Å². The number of hydrogen-bond acceptors (Lipinski definition) is 0. The quantitative estimate of drug-likeness (QED) is 0.523. The van der Waals surface area contributed by atoms with Gasteiger partial charge < -0.3 is 0 Å². The number of halogens is 2. The van der Waals surface area contributed by atoms with Crippen LogP contribution in [-0.2, 0) is 6.42 Å². The molecule has 2 aromatic rings. The summed E-state index contributed by atoms with van der Waals surface area (Å²) in [6.07, 6.45) is 0.625. The van der Waals surface area contributed by atoms with Gasteiger partial charge in [-0.2, -0.15) is 0 Å². The fraction of sp³-hybridized carbons (Fsp3) is 0.0769. The van der Waals surface area contributed by atoms with Crippen molar-refractivity contribution in [2.75, 3.05) is 0 Å². The Labute approximate surface area is 86.2 Å². The maximum atomic E-state index is 13.6. The van der Waals surface area contributed by atoms with Gasteiger partial charge in [0.05, 0.1) is 0 Å². The lowest BCUT2D eigenvalue weighted by molar-refractivity contribution is 0.584. The standard InChI is InChI=1S/C13H8F2/c14-10-6-9-5-8-3-1-2-4-11(8)13(9)12(15)7-10/h1-4,6-7H,5H2. The van der Waals surface area contributed by atoms with Crippen LogP contribution in [0.25, 0.3) is 11.1 Å². The van der Waals surface area contributed by atoms with Crippen LogP contribution >= 0.6 is 0 Å². The maximum Gasteiger partial charge on any atom is 0.134 e. The van der Waals surface area contributed by atoms with Gasteiger partial charge in [0.15, 0.2) is 0 Å². The molecule has 15 heavy (non-hydrogen) atoms. The Hall–Kier alpha value is -1.70. The molecule has 74 valence electrons. The molecule has 0 aliphatic heterocycles. The van der Waals surface area contributed by atoms with E-state index in [1.54, 1.807) is 0 Å². The van der Waals surface area contributed by atoms with Gasteiger partial charge in [-0.15, -0.1) is 0 Å². The Morgan fingerprint density at radius 2 is 1.73 bits per heavy atom. The van der Waals surface area contributed by atoms with E-state index >= 15 is 0 Å². The molecule has 0 unspecified atom stereocenters. The topological polar surface area (TPSA) is 0 Å². The van der Waals surface area contributed by atoms with Crippen LogP contribution < -0.4 is 0 Å². The van der Waals surface area contributed by atoms with Crippen molar-refractivity contribution in [3.05, 3.63) is 59.2 Å². The third-order valence-corrected chi connectivity index (χ3v) is 2.80. The molecular formula is C13H8F2. The van der Waals surface area contributed by atoms with Crippen LogP contribution in [0.1, 0.15) is 11.1 Å². The van der Waals surface area contributed by atoms with Crippen LogP contribution in [-0.4, -0.2) is 0 Å². The average Bonchev–Trinajstić information content (AvgIpc) is 2.54. The van der Waals surface area contributed by atoms with E-state index in [0.29, 0.717) is 12.0 Å². The summed E-state index contributed by atoms with van der Waals surface area (Å²) in [5.41, 5.74) is 3.27. The zero-order valence-corrected chi connectivity index (χ0v) is 7.93. The molecule has 0 saturated carbocycles. The van der Waals surface area contributed by atoms with Gasteiger partial charge in [-0.1, -0.05) is 24.3 Å². The number of benzene rings is 2. The molecule has 2 aromatic carbocycles. The van der Waals surface area contributed by atoms with Gasteiger partial charge in [-0.3, -0.25) is 0 Å². The van der Waals surface area contributed by atoms with Gasteiger partial charge in [-0.05, 0) is 29.2 Å². The first-order chi connectivity index (χ1) is 7.25. The largest absolute Gasteiger partial charge is 0.207 e. The molecule has 0 bridgehead atoms. The van der Waals surface area contributed by atoms with Crippen molar-refractivity contribution < 1.29 is 8.78 Å². The average molecular weight is 202 g/mol. The van der Waals surface area contributed by atoms with E-state index < -0.39 is 11.6 Å². The molecule has 0 heterocycles. The molecule has 0 fully saturated rings. The molecule has 0 nitrogen and oxygen atoms in total. The molecule has 0 spiro atoms. The second-order valence-electron chi connectivity index (χ2n) is 3.76. The van der Waals surface area contributed by atoms with Gasteiger partial charge in [-0.25, -0.2) is 8.78 Å². The van der Waals surface area contributed by atoms with E-state index in [1.807, 2.05) is 24.3 Å². The highest BCUT2D eigenvalue weighted by molar-refractivity contribution is 5.77. The molecule has 0 amide bonds. The van der Waals surface area contributed by atoms with Gasteiger partial charge in [0, 0.05) is 11.6 Å². The summed E-state index contributed by atoms with van der Waals surface area (Å²) < 4.78 is 26.6. The molecule has 3 rings (SSSR count). The summed E-state index contributed by atoms with van der Waals surface area (Å²) >= 11 is 0. The van der Waals surface area contributed by atoms with Crippen molar-refractivity contribution in [2.45, 2.75) is 6.42 Å². The minimum Gasteiger partial charge on any atom is -0.207 e. The van der Waals surface area contributed by atoms with E-state index in [4.69, 9.17) is 0 Å². The molecule has 0 atom stereocenters. The predicted octanol–water partition coefficient (Wildman–Crippen LogP) is 3.54. The Morgan fingerprint density at radius 3 is 2.60 bits per heavy atom. The fourth-order valence-corrected chi connectivity index (χ4v) is 2.19. The van der Waals surface area contributed by atoms with Crippen molar-refractivity contribution in [3.63, 3.8) is 0 Å². The molecule has 0 saturated heterocycles. The Morgan fingerprint density at radius 1 is 0.933 bits per heavy atom. The lowest BCUT2D eigenvalue weighted by Crippen LogP contribution is -1.87. The maximum absolute atomic E-state index is 13.6. The summed E-state index contributed by atoms with van der Waals surface area (Å²) in [7, 11) is 0. The van der Waals surface area contributed by atoms with E-state index in [-0.39, 0.29) is 0 Å². The van der Waals surface area contributed by atoms with Crippen LogP contribution in [0.5, 0.6) is 0 Å². The Balaban J connectivity index is 2.33. The second kappa shape index (κ2) is 2.89. The number of fused-ring (bicyclic) bond motifs is 3.